The van der Waals surface area contributed by atoms with Gasteiger partial charge in [-0.2, -0.15) is 0 Å². The summed E-state index contributed by atoms with van der Waals surface area (Å²) in [7, 11) is 0. The molecule has 0 spiro atoms. The Morgan fingerprint density at radius 3 is 2.95 bits per heavy atom. The topological polar surface area (TPSA) is 68.1 Å². The van der Waals surface area contributed by atoms with E-state index in [0.717, 1.165) is 30.3 Å². The van der Waals surface area contributed by atoms with Crippen molar-refractivity contribution in [2.45, 2.75) is 25.3 Å². The molecule has 0 saturated heterocycles. The van der Waals surface area contributed by atoms with E-state index in [-0.39, 0.29) is 10.6 Å². The summed E-state index contributed by atoms with van der Waals surface area (Å²) in [6.45, 7) is 0. The van der Waals surface area contributed by atoms with Gasteiger partial charge in [-0.25, -0.2) is 4.98 Å². The van der Waals surface area contributed by atoms with E-state index in [1.165, 1.54) is 6.07 Å². The number of aromatic nitrogens is 1. The molecule has 1 heterocycles. The van der Waals surface area contributed by atoms with E-state index in [9.17, 15) is 10.1 Å². The van der Waals surface area contributed by atoms with Gasteiger partial charge in [0.2, 0.25) is 0 Å². The van der Waals surface area contributed by atoms with Gasteiger partial charge in [-0.05, 0) is 37.5 Å². The second kappa shape index (κ2) is 5.28. The maximum atomic E-state index is 11.1. The molecule has 1 unspecified atom stereocenters. The number of fused-ring (bicyclic) bond motifs is 1. The predicted molar refractivity (Wildman–Crippen MR) is 78.8 cm³/mol. The first-order valence-electron chi connectivity index (χ1n) is 6.69. The van der Waals surface area contributed by atoms with E-state index in [1.807, 2.05) is 6.07 Å². The number of non-ortho nitro benzene ring substituents is 1. The van der Waals surface area contributed by atoms with Gasteiger partial charge in [-0.15, -0.1) is 0 Å². The average molecular weight is 269 g/mol. The van der Waals surface area contributed by atoms with Gasteiger partial charge >= 0.3 is 0 Å². The van der Waals surface area contributed by atoms with Crippen LogP contribution in [0.15, 0.2) is 42.6 Å². The summed E-state index contributed by atoms with van der Waals surface area (Å²) in [5.41, 5.74) is 1.41. The van der Waals surface area contributed by atoms with E-state index in [2.05, 4.69) is 22.5 Å². The van der Waals surface area contributed by atoms with Crippen LogP contribution in [-0.4, -0.2) is 15.9 Å². The zero-order valence-corrected chi connectivity index (χ0v) is 11.0. The van der Waals surface area contributed by atoms with Gasteiger partial charge < -0.3 is 5.32 Å². The summed E-state index contributed by atoms with van der Waals surface area (Å²) in [6.07, 6.45) is 9.08. The number of nitrogens with one attached hydrogen (secondary N) is 1. The van der Waals surface area contributed by atoms with Crippen molar-refractivity contribution in [2.24, 2.45) is 0 Å². The molecule has 0 radical (unpaired) electrons. The molecule has 0 fully saturated rings. The number of pyridine rings is 1. The summed E-state index contributed by atoms with van der Waals surface area (Å²) in [5, 5.41) is 15.3. The normalized spacial score (nSPS) is 18.1. The molecule has 0 aliphatic heterocycles. The average Bonchev–Trinajstić information content (AvgIpc) is 2.48. The Balaban J connectivity index is 2.01. The monoisotopic (exact) mass is 269 g/mol. The maximum Gasteiger partial charge on any atom is 0.295 e. The quantitative estimate of drug-likeness (QED) is 0.524. The minimum Gasteiger partial charge on any atom is -0.381 e. The first-order valence-corrected chi connectivity index (χ1v) is 6.69. The smallest absolute Gasteiger partial charge is 0.295 e. The van der Waals surface area contributed by atoms with Crippen LogP contribution in [0.4, 0.5) is 11.4 Å². The molecule has 20 heavy (non-hydrogen) atoms. The highest BCUT2D eigenvalue weighted by Gasteiger charge is 2.17. The van der Waals surface area contributed by atoms with Crippen molar-refractivity contribution in [1.82, 2.24) is 4.98 Å². The van der Waals surface area contributed by atoms with Crippen molar-refractivity contribution < 1.29 is 4.92 Å². The molecule has 1 aliphatic rings. The third-order valence-electron chi connectivity index (χ3n) is 3.57. The number of anilines is 1. The van der Waals surface area contributed by atoms with Crippen LogP contribution < -0.4 is 5.32 Å². The molecule has 5 nitrogen and oxygen atoms in total. The lowest BCUT2D eigenvalue weighted by Crippen LogP contribution is -2.20. The summed E-state index contributed by atoms with van der Waals surface area (Å²) in [5.74, 6) is 0. The van der Waals surface area contributed by atoms with Gasteiger partial charge in [0.1, 0.15) is 5.52 Å². The zero-order valence-electron chi connectivity index (χ0n) is 11.0. The lowest BCUT2D eigenvalue weighted by molar-refractivity contribution is -0.383. The molecular weight excluding hydrogens is 254 g/mol. The zero-order chi connectivity index (χ0) is 13.9. The summed E-state index contributed by atoms with van der Waals surface area (Å²) in [6, 6.07) is 7.36. The van der Waals surface area contributed by atoms with Crippen molar-refractivity contribution in [3.05, 3.63) is 52.7 Å². The summed E-state index contributed by atoms with van der Waals surface area (Å²) >= 11 is 0. The molecule has 0 amide bonds. The van der Waals surface area contributed by atoms with Crippen molar-refractivity contribution in [2.75, 3.05) is 5.32 Å². The van der Waals surface area contributed by atoms with Crippen molar-refractivity contribution in [3.63, 3.8) is 0 Å². The van der Waals surface area contributed by atoms with E-state index in [0.29, 0.717) is 11.6 Å². The van der Waals surface area contributed by atoms with Crippen LogP contribution in [0.5, 0.6) is 0 Å². The molecule has 2 aromatic rings. The molecule has 1 aromatic carbocycles. The van der Waals surface area contributed by atoms with Crippen LogP contribution in [0, 0.1) is 10.1 Å². The van der Waals surface area contributed by atoms with Crippen molar-refractivity contribution >= 4 is 22.3 Å². The van der Waals surface area contributed by atoms with Gasteiger partial charge in [0.15, 0.2) is 0 Å². The Morgan fingerprint density at radius 2 is 2.20 bits per heavy atom. The van der Waals surface area contributed by atoms with E-state index < -0.39 is 0 Å². The van der Waals surface area contributed by atoms with E-state index >= 15 is 0 Å². The van der Waals surface area contributed by atoms with Crippen LogP contribution in [-0.2, 0) is 0 Å². The number of rotatable bonds is 3. The Hall–Kier alpha value is -2.43. The van der Waals surface area contributed by atoms with Crippen LogP contribution in [0.1, 0.15) is 19.3 Å². The molecule has 1 N–H and O–H groups in total. The van der Waals surface area contributed by atoms with Gasteiger partial charge in [-0.3, -0.25) is 10.1 Å². The standard InChI is InChI=1S/C15H15N3O2/c19-18(20)14-9-8-13(12-7-4-10-16-15(12)14)17-11-5-2-1-3-6-11/h1-2,4,7-11,17H,3,5-6H2. The third kappa shape index (κ3) is 2.34. The number of allylic oxidation sites excluding steroid dienone is 1. The van der Waals surface area contributed by atoms with Gasteiger partial charge in [0, 0.05) is 29.4 Å². The Labute approximate surface area is 116 Å². The Bertz CT molecular complexity index is 682. The molecule has 1 aliphatic carbocycles. The van der Waals surface area contributed by atoms with E-state index in [1.54, 1.807) is 18.3 Å². The fourth-order valence-corrected chi connectivity index (χ4v) is 2.58. The molecule has 0 bridgehead atoms. The SMILES string of the molecule is O=[N+]([O-])c1ccc(NC2CC=CCC2)c2cccnc12. The predicted octanol–water partition coefficient (Wildman–Crippen LogP) is 3.66. The molecule has 0 saturated carbocycles. The highest BCUT2D eigenvalue weighted by molar-refractivity contribution is 5.97. The molecule has 1 aromatic heterocycles. The third-order valence-corrected chi connectivity index (χ3v) is 3.57. The Morgan fingerprint density at radius 1 is 1.30 bits per heavy atom. The van der Waals surface area contributed by atoms with Crippen LogP contribution in [0.25, 0.3) is 10.9 Å². The molecule has 5 heteroatoms. The largest absolute Gasteiger partial charge is 0.381 e. The van der Waals surface area contributed by atoms with Crippen molar-refractivity contribution in [3.8, 4) is 0 Å². The number of nitrogens with zero attached hydrogens (tertiary/aromatic N) is 2. The van der Waals surface area contributed by atoms with Crippen LogP contribution in [0.2, 0.25) is 0 Å². The van der Waals surface area contributed by atoms with E-state index in [4.69, 9.17) is 0 Å². The Kier molecular flexibility index (Phi) is 3.33. The maximum absolute atomic E-state index is 11.1. The number of benzene rings is 1. The molecule has 1 atom stereocenters. The minimum atomic E-state index is -0.386. The number of nitro benzene ring substituents is 1. The molecular formula is C15H15N3O2. The van der Waals surface area contributed by atoms with Gasteiger partial charge in [0.05, 0.1) is 4.92 Å². The number of nitro groups is 1. The first kappa shape index (κ1) is 12.6. The van der Waals surface area contributed by atoms with Crippen molar-refractivity contribution in [1.29, 1.82) is 0 Å². The first-order chi connectivity index (χ1) is 9.75. The van der Waals surface area contributed by atoms with Crippen LogP contribution in [0.3, 0.4) is 0 Å². The lowest BCUT2D eigenvalue weighted by atomic mass is 10.0. The fraction of sp³-hybridized carbons (Fsp3) is 0.267. The fourth-order valence-electron chi connectivity index (χ4n) is 2.58. The second-order valence-electron chi connectivity index (χ2n) is 4.91. The summed E-state index contributed by atoms with van der Waals surface area (Å²) < 4.78 is 0. The summed E-state index contributed by atoms with van der Waals surface area (Å²) in [4.78, 5) is 14.8. The minimum absolute atomic E-state index is 0.0506. The highest BCUT2D eigenvalue weighted by atomic mass is 16.6. The molecule has 102 valence electrons. The molecule has 3 rings (SSSR count). The highest BCUT2D eigenvalue weighted by Crippen LogP contribution is 2.31. The number of hydrogen-bond donors (Lipinski definition) is 1. The number of hydrogen-bond acceptors (Lipinski definition) is 4. The lowest BCUT2D eigenvalue weighted by Gasteiger charge is -2.21. The van der Waals surface area contributed by atoms with Gasteiger partial charge in [0.25, 0.3) is 5.69 Å². The van der Waals surface area contributed by atoms with Gasteiger partial charge in [-0.1, -0.05) is 12.2 Å². The second-order valence-corrected chi connectivity index (χ2v) is 4.91. The van der Waals surface area contributed by atoms with Crippen LogP contribution >= 0.6 is 0 Å².